The molecule has 1 aliphatic carbocycles. The molecule has 0 unspecified atom stereocenters. The van der Waals surface area contributed by atoms with E-state index < -0.39 is 0 Å². The SMILES string of the molecule is Cn1ccc(CNC(=O)C2CCC2)c1. The number of carbonyl (C=O) groups is 1. The van der Waals surface area contributed by atoms with Crippen molar-refractivity contribution >= 4 is 5.91 Å². The minimum absolute atomic E-state index is 0.222. The number of aromatic nitrogens is 1. The van der Waals surface area contributed by atoms with E-state index in [0.29, 0.717) is 12.5 Å². The van der Waals surface area contributed by atoms with Crippen molar-refractivity contribution in [2.75, 3.05) is 0 Å². The Morgan fingerprint density at radius 2 is 2.43 bits per heavy atom. The predicted octanol–water partition coefficient (Wildman–Crippen LogP) is 1.44. The van der Waals surface area contributed by atoms with Crippen molar-refractivity contribution < 1.29 is 4.79 Å². The van der Waals surface area contributed by atoms with E-state index in [1.807, 2.05) is 30.1 Å². The van der Waals surface area contributed by atoms with Gasteiger partial charge in [0.2, 0.25) is 5.91 Å². The monoisotopic (exact) mass is 192 g/mol. The average Bonchev–Trinajstić information content (AvgIpc) is 2.45. The van der Waals surface area contributed by atoms with Crippen LogP contribution in [0.5, 0.6) is 0 Å². The quantitative estimate of drug-likeness (QED) is 0.772. The second kappa shape index (κ2) is 3.86. The molecule has 0 aromatic carbocycles. The summed E-state index contributed by atoms with van der Waals surface area (Å²) in [6.07, 6.45) is 7.37. The van der Waals surface area contributed by atoms with Crippen LogP contribution in [0.1, 0.15) is 24.8 Å². The molecule has 1 heterocycles. The van der Waals surface area contributed by atoms with Crippen molar-refractivity contribution in [2.45, 2.75) is 25.8 Å². The lowest BCUT2D eigenvalue weighted by Gasteiger charge is -2.23. The zero-order valence-corrected chi connectivity index (χ0v) is 8.49. The van der Waals surface area contributed by atoms with Gasteiger partial charge in [0.15, 0.2) is 0 Å². The van der Waals surface area contributed by atoms with Crippen LogP contribution in [0.25, 0.3) is 0 Å². The molecule has 0 atom stereocenters. The smallest absolute Gasteiger partial charge is 0.223 e. The number of aryl methyl sites for hydroxylation is 1. The van der Waals surface area contributed by atoms with Gasteiger partial charge in [-0.2, -0.15) is 0 Å². The predicted molar refractivity (Wildman–Crippen MR) is 54.6 cm³/mol. The maximum absolute atomic E-state index is 11.5. The van der Waals surface area contributed by atoms with Gasteiger partial charge in [0.25, 0.3) is 0 Å². The number of hydrogen-bond donors (Lipinski definition) is 1. The largest absolute Gasteiger partial charge is 0.357 e. The number of hydrogen-bond acceptors (Lipinski definition) is 1. The third-order valence-corrected chi connectivity index (χ3v) is 2.84. The number of rotatable bonds is 3. The molecule has 3 nitrogen and oxygen atoms in total. The van der Waals surface area contributed by atoms with Crippen molar-refractivity contribution in [2.24, 2.45) is 13.0 Å². The molecule has 14 heavy (non-hydrogen) atoms. The standard InChI is InChI=1S/C11H16N2O/c1-13-6-5-9(8-13)7-12-11(14)10-3-2-4-10/h5-6,8,10H,2-4,7H2,1H3,(H,12,14). The molecule has 0 radical (unpaired) electrons. The molecular weight excluding hydrogens is 176 g/mol. The van der Waals surface area contributed by atoms with Gasteiger partial charge < -0.3 is 9.88 Å². The molecule has 1 aliphatic rings. The van der Waals surface area contributed by atoms with E-state index in [1.54, 1.807) is 0 Å². The zero-order chi connectivity index (χ0) is 9.97. The van der Waals surface area contributed by atoms with E-state index in [4.69, 9.17) is 0 Å². The molecule has 1 amide bonds. The van der Waals surface area contributed by atoms with Gasteiger partial charge in [0.1, 0.15) is 0 Å². The summed E-state index contributed by atoms with van der Waals surface area (Å²) < 4.78 is 1.99. The van der Waals surface area contributed by atoms with Crippen LogP contribution in [-0.4, -0.2) is 10.5 Å². The van der Waals surface area contributed by atoms with Gasteiger partial charge in [-0.1, -0.05) is 6.42 Å². The molecular formula is C11H16N2O. The summed E-state index contributed by atoms with van der Waals surface area (Å²) in [6.45, 7) is 0.663. The number of amides is 1. The Balaban J connectivity index is 1.79. The summed E-state index contributed by atoms with van der Waals surface area (Å²) in [5, 5.41) is 2.96. The van der Waals surface area contributed by atoms with Crippen LogP contribution in [0.3, 0.4) is 0 Å². The summed E-state index contributed by atoms with van der Waals surface area (Å²) in [6, 6.07) is 2.03. The summed E-state index contributed by atoms with van der Waals surface area (Å²) in [5.41, 5.74) is 1.17. The van der Waals surface area contributed by atoms with Crippen molar-refractivity contribution in [3.05, 3.63) is 24.0 Å². The highest BCUT2D eigenvalue weighted by molar-refractivity contribution is 5.79. The molecule has 0 bridgehead atoms. The summed E-state index contributed by atoms with van der Waals surface area (Å²) in [4.78, 5) is 11.5. The molecule has 1 N–H and O–H groups in total. The maximum atomic E-state index is 11.5. The minimum Gasteiger partial charge on any atom is -0.357 e. The van der Waals surface area contributed by atoms with Crippen LogP contribution in [0.4, 0.5) is 0 Å². The highest BCUT2D eigenvalue weighted by atomic mass is 16.1. The Kier molecular flexibility index (Phi) is 2.57. The van der Waals surface area contributed by atoms with Crippen LogP contribution in [0, 0.1) is 5.92 Å². The van der Waals surface area contributed by atoms with Crippen molar-refractivity contribution in [1.82, 2.24) is 9.88 Å². The molecule has 0 aliphatic heterocycles. The molecule has 0 spiro atoms. The summed E-state index contributed by atoms with van der Waals surface area (Å²) in [7, 11) is 1.98. The maximum Gasteiger partial charge on any atom is 0.223 e. The van der Waals surface area contributed by atoms with Crippen molar-refractivity contribution in [3.63, 3.8) is 0 Å². The molecule has 0 saturated heterocycles. The number of nitrogens with zero attached hydrogens (tertiary/aromatic N) is 1. The lowest BCUT2D eigenvalue weighted by molar-refractivity contribution is -0.127. The Labute approximate surface area is 84.1 Å². The first-order chi connectivity index (χ1) is 6.75. The van der Waals surface area contributed by atoms with Crippen LogP contribution in [0.2, 0.25) is 0 Å². The lowest BCUT2D eigenvalue weighted by atomic mass is 9.85. The first kappa shape index (κ1) is 9.31. The van der Waals surface area contributed by atoms with Gasteiger partial charge in [-0.05, 0) is 24.5 Å². The normalized spacial score (nSPS) is 16.4. The van der Waals surface area contributed by atoms with Gasteiger partial charge in [-0.3, -0.25) is 4.79 Å². The van der Waals surface area contributed by atoms with Gasteiger partial charge in [0, 0.05) is 31.9 Å². The van der Waals surface area contributed by atoms with Crippen molar-refractivity contribution in [3.8, 4) is 0 Å². The summed E-state index contributed by atoms with van der Waals surface area (Å²) >= 11 is 0. The first-order valence-electron chi connectivity index (χ1n) is 5.14. The Bertz CT molecular complexity index is 326. The van der Waals surface area contributed by atoms with Crippen molar-refractivity contribution in [1.29, 1.82) is 0 Å². The zero-order valence-electron chi connectivity index (χ0n) is 8.49. The van der Waals surface area contributed by atoms with E-state index in [1.165, 1.54) is 12.0 Å². The Morgan fingerprint density at radius 1 is 1.64 bits per heavy atom. The average molecular weight is 192 g/mol. The number of carbonyl (C=O) groups excluding carboxylic acids is 1. The third-order valence-electron chi connectivity index (χ3n) is 2.84. The Morgan fingerprint density at radius 3 is 2.93 bits per heavy atom. The topological polar surface area (TPSA) is 34.0 Å². The molecule has 1 aromatic rings. The summed E-state index contributed by atoms with van der Waals surface area (Å²) in [5.74, 6) is 0.513. The van der Waals surface area contributed by atoms with Crippen LogP contribution < -0.4 is 5.32 Å². The van der Waals surface area contributed by atoms with Gasteiger partial charge in [-0.25, -0.2) is 0 Å². The lowest BCUT2D eigenvalue weighted by Crippen LogP contribution is -2.33. The fraction of sp³-hybridized carbons (Fsp3) is 0.545. The van der Waals surface area contributed by atoms with Crippen LogP contribution in [-0.2, 0) is 18.4 Å². The van der Waals surface area contributed by atoms with E-state index in [2.05, 4.69) is 5.32 Å². The van der Waals surface area contributed by atoms with Gasteiger partial charge in [0.05, 0.1) is 0 Å². The molecule has 1 aromatic heterocycles. The highest BCUT2D eigenvalue weighted by Crippen LogP contribution is 2.26. The second-order valence-corrected chi connectivity index (χ2v) is 4.03. The first-order valence-corrected chi connectivity index (χ1v) is 5.14. The molecule has 1 fully saturated rings. The van der Waals surface area contributed by atoms with Crippen LogP contribution >= 0.6 is 0 Å². The molecule has 2 rings (SSSR count). The van der Waals surface area contributed by atoms with E-state index in [9.17, 15) is 4.79 Å². The molecule has 3 heteroatoms. The van der Waals surface area contributed by atoms with Crippen LogP contribution in [0.15, 0.2) is 18.5 Å². The fourth-order valence-electron chi connectivity index (χ4n) is 1.67. The minimum atomic E-state index is 0.222. The van der Waals surface area contributed by atoms with E-state index in [-0.39, 0.29) is 5.91 Å². The van der Waals surface area contributed by atoms with Gasteiger partial charge in [-0.15, -0.1) is 0 Å². The Hall–Kier alpha value is -1.25. The second-order valence-electron chi connectivity index (χ2n) is 4.03. The number of nitrogens with one attached hydrogen (secondary N) is 1. The highest BCUT2D eigenvalue weighted by Gasteiger charge is 2.24. The van der Waals surface area contributed by atoms with E-state index >= 15 is 0 Å². The third kappa shape index (κ3) is 1.97. The van der Waals surface area contributed by atoms with Gasteiger partial charge >= 0.3 is 0 Å². The van der Waals surface area contributed by atoms with E-state index in [0.717, 1.165) is 12.8 Å². The molecule has 1 saturated carbocycles. The molecule has 76 valence electrons. The fourth-order valence-corrected chi connectivity index (χ4v) is 1.67.